The Morgan fingerprint density at radius 3 is 2.56 bits per heavy atom. The van der Waals surface area contributed by atoms with E-state index in [4.69, 9.17) is 11.2 Å². The summed E-state index contributed by atoms with van der Waals surface area (Å²) in [5.41, 5.74) is -0.452. The number of piperazine rings is 1. The van der Waals surface area contributed by atoms with Gasteiger partial charge >= 0.3 is 6.09 Å². The first-order chi connectivity index (χ1) is 7.33. The van der Waals surface area contributed by atoms with Crippen LogP contribution in [0.5, 0.6) is 0 Å². The number of likely N-dealkylation sites (N-methyl/N-ethyl adjacent to an activating group) is 1. The molecular formula is C12H20N2O2. The Labute approximate surface area is 97.5 Å². The average molecular weight is 224 g/mol. The van der Waals surface area contributed by atoms with Crippen LogP contribution in [0.25, 0.3) is 0 Å². The fourth-order valence-electron chi connectivity index (χ4n) is 1.55. The molecule has 1 rings (SSSR count). The minimum Gasteiger partial charge on any atom is -0.444 e. The predicted molar refractivity (Wildman–Crippen MR) is 63.1 cm³/mol. The first-order valence-electron chi connectivity index (χ1n) is 5.48. The van der Waals surface area contributed by atoms with Crippen LogP contribution in [0.15, 0.2) is 0 Å². The van der Waals surface area contributed by atoms with Crippen LogP contribution in [0.3, 0.4) is 0 Å². The monoisotopic (exact) mass is 224 g/mol. The van der Waals surface area contributed by atoms with Gasteiger partial charge in [-0.2, -0.15) is 0 Å². The van der Waals surface area contributed by atoms with E-state index in [2.05, 4.69) is 10.8 Å². The molecule has 1 aliphatic heterocycles. The highest BCUT2D eigenvalue weighted by molar-refractivity contribution is 5.68. The molecule has 1 amide bonds. The Kier molecular flexibility index (Phi) is 3.82. The smallest absolute Gasteiger partial charge is 0.410 e. The first-order valence-corrected chi connectivity index (χ1v) is 5.48. The number of amides is 1. The van der Waals surface area contributed by atoms with Gasteiger partial charge in [-0.05, 0) is 27.8 Å². The van der Waals surface area contributed by atoms with Crippen molar-refractivity contribution in [1.29, 1.82) is 0 Å². The summed E-state index contributed by atoms with van der Waals surface area (Å²) in [6.45, 7) is 7.58. The van der Waals surface area contributed by atoms with Crippen molar-refractivity contribution < 1.29 is 9.53 Å². The topological polar surface area (TPSA) is 32.8 Å². The highest BCUT2D eigenvalue weighted by Gasteiger charge is 2.29. The second kappa shape index (κ2) is 4.75. The summed E-state index contributed by atoms with van der Waals surface area (Å²) >= 11 is 0. The Bertz CT molecular complexity index is 301. The van der Waals surface area contributed by atoms with E-state index in [1.54, 1.807) is 4.90 Å². The summed E-state index contributed by atoms with van der Waals surface area (Å²) in [7, 11) is 1.97. The number of carbonyl (C=O) groups is 1. The summed E-state index contributed by atoms with van der Waals surface area (Å²) < 4.78 is 5.31. The highest BCUT2D eigenvalue weighted by Crippen LogP contribution is 2.13. The lowest BCUT2D eigenvalue weighted by molar-refractivity contribution is 0.0123. The number of ether oxygens (including phenoxy) is 1. The molecule has 0 aromatic carbocycles. The normalized spacial score (nSPS) is 22.7. The number of nitrogens with zero attached hydrogens (tertiary/aromatic N) is 2. The van der Waals surface area contributed by atoms with Crippen LogP contribution >= 0.6 is 0 Å². The standard InChI is InChI=1S/C12H20N2O2/c1-6-10-9-14(8-7-13(10)5)11(15)16-12(2,3)4/h1,10H,7-9H2,2-5H3. The lowest BCUT2D eigenvalue weighted by atomic mass is 10.2. The molecule has 0 aliphatic carbocycles. The molecule has 4 nitrogen and oxygen atoms in total. The zero-order valence-electron chi connectivity index (χ0n) is 10.5. The van der Waals surface area contributed by atoms with Crippen LogP contribution in [0.1, 0.15) is 20.8 Å². The molecule has 0 bridgehead atoms. The van der Waals surface area contributed by atoms with E-state index < -0.39 is 5.60 Å². The molecule has 1 saturated heterocycles. The van der Waals surface area contributed by atoms with Crippen LogP contribution < -0.4 is 0 Å². The van der Waals surface area contributed by atoms with Crippen molar-refractivity contribution in [2.45, 2.75) is 32.4 Å². The maximum atomic E-state index is 11.8. The second-order valence-corrected chi connectivity index (χ2v) is 5.09. The van der Waals surface area contributed by atoms with Crippen molar-refractivity contribution in [3.63, 3.8) is 0 Å². The number of carbonyl (C=O) groups excluding carboxylic acids is 1. The van der Waals surface area contributed by atoms with Crippen molar-refractivity contribution in [3.05, 3.63) is 0 Å². The fourth-order valence-corrected chi connectivity index (χ4v) is 1.55. The minimum atomic E-state index is -0.452. The van der Waals surface area contributed by atoms with E-state index in [1.807, 2.05) is 27.8 Å². The summed E-state index contributed by atoms with van der Waals surface area (Å²) in [5.74, 6) is 2.68. The second-order valence-electron chi connectivity index (χ2n) is 5.09. The maximum Gasteiger partial charge on any atom is 0.410 e. The van der Waals surface area contributed by atoms with Crippen molar-refractivity contribution in [3.8, 4) is 12.3 Å². The van der Waals surface area contributed by atoms with Crippen molar-refractivity contribution in [1.82, 2.24) is 9.80 Å². The molecule has 0 spiro atoms. The van der Waals surface area contributed by atoms with Gasteiger partial charge in [-0.3, -0.25) is 4.90 Å². The lowest BCUT2D eigenvalue weighted by Crippen LogP contribution is -2.53. The predicted octanol–water partition coefficient (Wildman–Crippen LogP) is 1.17. The van der Waals surface area contributed by atoms with E-state index in [-0.39, 0.29) is 12.1 Å². The molecule has 0 N–H and O–H groups in total. The van der Waals surface area contributed by atoms with Gasteiger partial charge in [-0.25, -0.2) is 4.79 Å². The van der Waals surface area contributed by atoms with Gasteiger partial charge in [-0.1, -0.05) is 5.92 Å². The van der Waals surface area contributed by atoms with Gasteiger partial charge in [0.1, 0.15) is 5.60 Å². The largest absolute Gasteiger partial charge is 0.444 e. The van der Waals surface area contributed by atoms with E-state index in [0.717, 1.165) is 6.54 Å². The molecule has 1 fully saturated rings. The molecule has 0 aromatic rings. The van der Waals surface area contributed by atoms with Gasteiger partial charge in [0.15, 0.2) is 0 Å². The molecular weight excluding hydrogens is 204 g/mol. The third-order valence-electron chi connectivity index (χ3n) is 2.49. The molecule has 90 valence electrons. The SMILES string of the molecule is C#CC1CN(C(=O)OC(C)(C)C)CCN1C. The molecule has 0 radical (unpaired) electrons. The van der Waals surface area contributed by atoms with Crippen LogP contribution in [0.2, 0.25) is 0 Å². The molecule has 1 heterocycles. The van der Waals surface area contributed by atoms with Gasteiger partial charge in [0, 0.05) is 13.1 Å². The molecule has 0 aromatic heterocycles. The van der Waals surface area contributed by atoms with Crippen LogP contribution in [0.4, 0.5) is 4.79 Å². The number of hydrogen-bond acceptors (Lipinski definition) is 3. The van der Waals surface area contributed by atoms with Crippen molar-refractivity contribution in [2.75, 3.05) is 26.7 Å². The highest BCUT2D eigenvalue weighted by atomic mass is 16.6. The molecule has 1 aliphatic rings. The van der Waals surface area contributed by atoms with Gasteiger partial charge < -0.3 is 9.64 Å². The Balaban J connectivity index is 2.56. The number of rotatable bonds is 0. The van der Waals surface area contributed by atoms with E-state index >= 15 is 0 Å². The molecule has 0 saturated carbocycles. The molecule has 1 unspecified atom stereocenters. The third-order valence-corrected chi connectivity index (χ3v) is 2.49. The van der Waals surface area contributed by atoms with Crippen LogP contribution in [-0.4, -0.2) is 54.2 Å². The quantitative estimate of drug-likeness (QED) is 0.579. The van der Waals surface area contributed by atoms with Crippen molar-refractivity contribution >= 4 is 6.09 Å². The van der Waals surface area contributed by atoms with Gasteiger partial charge in [0.2, 0.25) is 0 Å². The van der Waals surface area contributed by atoms with Crippen LogP contribution in [-0.2, 0) is 4.74 Å². The maximum absolute atomic E-state index is 11.8. The Hall–Kier alpha value is -1.21. The van der Waals surface area contributed by atoms with E-state index in [9.17, 15) is 4.79 Å². The first kappa shape index (κ1) is 12.9. The average Bonchev–Trinajstić information content (AvgIpc) is 2.15. The Morgan fingerprint density at radius 2 is 2.06 bits per heavy atom. The third kappa shape index (κ3) is 3.42. The zero-order chi connectivity index (χ0) is 12.3. The van der Waals surface area contributed by atoms with Crippen LogP contribution in [0, 0.1) is 12.3 Å². The van der Waals surface area contributed by atoms with Crippen molar-refractivity contribution in [2.24, 2.45) is 0 Å². The number of terminal acetylenes is 1. The minimum absolute atomic E-state index is 0.0127. The summed E-state index contributed by atoms with van der Waals surface area (Å²) in [4.78, 5) is 15.5. The molecule has 1 atom stereocenters. The van der Waals surface area contributed by atoms with Gasteiger partial charge in [-0.15, -0.1) is 6.42 Å². The number of hydrogen-bond donors (Lipinski definition) is 0. The lowest BCUT2D eigenvalue weighted by Gasteiger charge is -2.37. The van der Waals surface area contributed by atoms with Gasteiger partial charge in [0.25, 0.3) is 0 Å². The summed E-state index contributed by atoms with van der Waals surface area (Å²) in [5, 5.41) is 0. The summed E-state index contributed by atoms with van der Waals surface area (Å²) in [6.07, 6.45) is 5.14. The van der Waals surface area contributed by atoms with E-state index in [1.165, 1.54) is 0 Å². The van der Waals surface area contributed by atoms with E-state index in [0.29, 0.717) is 13.1 Å². The van der Waals surface area contributed by atoms with Gasteiger partial charge in [0.05, 0.1) is 12.6 Å². The summed E-state index contributed by atoms with van der Waals surface area (Å²) in [6, 6.07) is -0.0127. The fraction of sp³-hybridized carbons (Fsp3) is 0.750. The zero-order valence-corrected chi connectivity index (χ0v) is 10.5. The Morgan fingerprint density at radius 1 is 1.44 bits per heavy atom. The molecule has 4 heteroatoms. The molecule has 16 heavy (non-hydrogen) atoms.